The topological polar surface area (TPSA) is 29.5 Å². The second kappa shape index (κ2) is 5.72. The monoisotopic (exact) mass is 296 g/mol. The van der Waals surface area contributed by atoms with Crippen molar-refractivity contribution in [2.24, 2.45) is 0 Å². The van der Waals surface area contributed by atoms with Gasteiger partial charge in [-0.3, -0.25) is 0 Å². The Bertz CT molecular complexity index is 595. The van der Waals surface area contributed by atoms with Gasteiger partial charge in [0.1, 0.15) is 11.5 Å². The predicted octanol–water partition coefficient (Wildman–Crippen LogP) is 5.15. The molecule has 0 aliphatic carbocycles. The van der Waals surface area contributed by atoms with Crippen LogP contribution in [-0.4, -0.2) is 11.2 Å². The molecule has 0 unspecified atom stereocenters. The number of aromatic hydroxyl groups is 1. The Morgan fingerprint density at radius 3 is 2.47 bits per heavy atom. The van der Waals surface area contributed by atoms with Crippen LogP contribution in [0.1, 0.15) is 13.8 Å². The molecule has 4 heteroatoms. The van der Waals surface area contributed by atoms with E-state index in [4.69, 9.17) is 27.9 Å². The maximum absolute atomic E-state index is 9.50. The average molecular weight is 297 g/mol. The van der Waals surface area contributed by atoms with E-state index in [2.05, 4.69) is 0 Å². The van der Waals surface area contributed by atoms with E-state index < -0.39 is 0 Å². The second-order valence-electron chi connectivity index (χ2n) is 4.48. The molecule has 0 heterocycles. The van der Waals surface area contributed by atoms with Gasteiger partial charge in [0.05, 0.1) is 16.1 Å². The summed E-state index contributed by atoms with van der Waals surface area (Å²) in [7, 11) is 0. The third-order valence-corrected chi connectivity index (χ3v) is 3.17. The fraction of sp³-hybridized carbons (Fsp3) is 0.200. The molecule has 0 saturated carbocycles. The van der Waals surface area contributed by atoms with E-state index in [1.807, 2.05) is 38.1 Å². The van der Waals surface area contributed by atoms with E-state index in [0.717, 1.165) is 16.9 Å². The Morgan fingerprint density at radius 1 is 1.05 bits per heavy atom. The van der Waals surface area contributed by atoms with Crippen LogP contribution < -0.4 is 4.74 Å². The summed E-state index contributed by atoms with van der Waals surface area (Å²) in [5, 5.41) is 10.2. The molecule has 100 valence electrons. The number of hydrogen-bond acceptors (Lipinski definition) is 2. The van der Waals surface area contributed by atoms with Gasteiger partial charge < -0.3 is 9.84 Å². The van der Waals surface area contributed by atoms with E-state index in [1.165, 1.54) is 6.07 Å². The lowest BCUT2D eigenvalue weighted by Gasteiger charge is -2.12. The second-order valence-corrected chi connectivity index (χ2v) is 5.29. The quantitative estimate of drug-likeness (QED) is 0.848. The lowest BCUT2D eigenvalue weighted by Crippen LogP contribution is -2.05. The van der Waals surface area contributed by atoms with Crippen LogP contribution in [0.3, 0.4) is 0 Å². The molecule has 0 fully saturated rings. The third kappa shape index (κ3) is 3.34. The summed E-state index contributed by atoms with van der Waals surface area (Å²) < 4.78 is 5.64. The number of benzene rings is 2. The van der Waals surface area contributed by atoms with Gasteiger partial charge in [-0.15, -0.1) is 0 Å². The molecule has 2 nitrogen and oxygen atoms in total. The summed E-state index contributed by atoms with van der Waals surface area (Å²) in [4.78, 5) is 0. The third-order valence-electron chi connectivity index (χ3n) is 2.55. The largest absolute Gasteiger partial charge is 0.506 e. The minimum atomic E-state index is -0.0231. The van der Waals surface area contributed by atoms with Gasteiger partial charge in [-0.25, -0.2) is 0 Å². The van der Waals surface area contributed by atoms with Crippen LogP contribution in [0.2, 0.25) is 10.0 Å². The van der Waals surface area contributed by atoms with Crippen molar-refractivity contribution in [2.75, 3.05) is 0 Å². The number of ether oxygens (including phenoxy) is 1. The first kappa shape index (κ1) is 14.0. The average Bonchev–Trinajstić information content (AvgIpc) is 2.33. The molecule has 0 aromatic heterocycles. The molecular weight excluding hydrogens is 283 g/mol. The number of hydrogen-bond donors (Lipinski definition) is 1. The molecule has 0 aliphatic rings. The fourth-order valence-corrected chi connectivity index (χ4v) is 2.20. The number of phenolic OH excluding ortho intramolecular Hbond substituents is 1. The minimum Gasteiger partial charge on any atom is -0.506 e. The molecule has 19 heavy (non-hydrogen) atoms. The van der Waals surface area contributed by atoms with Crippen LogP contribution in [-0.2, 0) is 0 Å². The first-order chi connectivity index (χ1) is 8.97. The Hall–Kier alpha value is -1.38. The molecule has 0 atom stereocenters. The van der Waals surface area contributed by atoms with Crippen molar-refractivity contribution in [3.63, 3.8) is 0 Å². The van der Waals surface area contributed by atoms with Crippen LogP contribution >= 0.6 is 23.2 Å². The molecule has 0 amide bonds. The molecule has 0 radical (unpaired) electrons. The van der Waals surface area contributed by atoms with Gasteiger partial charge in [-0.2, -0.15) is 0 Å². The van der Waals surface area contributed by atoms with Crippen molar-refractivity contribution in [3.8, 4) is 22.6 Å². The van der Waals surface area contributed by atoms with Crippen molar-refractivity contribution < 1.29 is 9.84 Å². The normalized spacial score (nSPS) is 10.8. The Morgan fingerprint density at radius 2 is 1.79 bits per heavy atom. The van der Waals surface area contributed by atoms with E-state index in [1.54, 1.807) is 6.07 Å². The van der Waals surface area contributed by atoms with E-state index in [-0.39, 0.29) is 16.9 Å². The van der Waals surface area contributed by atoms with E-state index in [0.29, 0.717) is 5.02 Å². The molecule has 0 aliphatic heterocycles. The van der Waals surface area contributed by atoms with Gasteiger partial charge in [-0.05, 0) is 37.6 Å². The maximum Gasteiger partial charge on any atom is 0.135 e. The van der Waals surface area contributed by atoms with E-state index >= 15 is 0 Å². The summed E-state index contributed by atoms with van der Waals surface area (Å²) in [6.07, 6.45) is 0.106. The summed E-state index contributed by atoms with van der Waals surface area (Å²) in [5.74, 6) is 0.748. The lowest BCUT2D eigenvalue weighted by molar-refractivity contribution is 0.242. The SMILES string of the molecule is CC(C)Oc1cccc(-c2cc(Cl)c(O)cc2Cl)c1. The molecule has 2 aromatic rings. The summed E-state index contributed by atoms with van der Waals surface area (Å²) in [6, 6.07) is 10.7. The zero-order valence-corrected chi connectivity index (χ0v) is 12.2. The lowest BCUT2D eigenvalue weighted by atomic mass is 10.1. The van der Waals surface area contributed by atoms with Crippen molar-refractivity contribution in [2.45, 2.75) is 20.0 Å². The van der Waals surface area contributed by atoms with Crippen molar-refractivity contribution in [1.29, 1.82) is 0 Å². The van der Waals surface area contributed by atoms with Crippen molar-refractivity contribution >= 4 is 23.2 Å². The first-order valence-corrected chi connectivity index (χ1v) is 6.68. The Balaban J connectivity index is 2.44. The van der Waals surface area contributed by atoms with Gasteiger partial charge in [0.25, 0.3) is 0 Å². The molecule has 0 saturated heterocycles. The van der Waals surface area contributed by atoms with Gasteiger partial charge in [0, 0.05) is 11.6 Å². The Labute approximate surface area is 122 Å². The first-order valence-electron chi connectivity index (χ1n) is 5.92. The maximum atomic E-state index is 9.50. The highest BCUT2D eigenvalue weighted by atomic mass is 35.5. The standard InChI is InChI=1S/C15H14Cl2O2/c1-9(2)19-11-5-3-4-10(6-11)12-7-14(17)15(18)8-13(12)16/h3-9,18H,1-2H3. The number of halogens is 2. The van der Waals surface area contributed by atoms with Crippen LogP contribution in [0.5, 0.6) is 11.5 Å². The molecule has 0 spiro atoms. The Kier molecular flexibility index (Phi) is 4.23. The van der Waals surface area contributed by atoms with Crippen LogP contribution in [0.4, 0.5) is 0 Å². The van der Waals surface area contributed by atoms with Crippen LogP contribution in [0, 0.1) is 0 Å². The molecular formula is C15H14Cl2O2. The van der Waals surface area contributed by atoms with Gasteiger partial charge in [-0.1, -0.05) is 35.3 Å². The molecule has 2 aromatic carbocycles. The van der Waals surface area contributed by atoms with Crippen LogP contribution in [0.25, 0.3) is 11.1 Å². The smallest absolute Gasteiger partial charge is 0.135 e. The van der Waals surface area contributed by atoms with Crippen molar-refractivity contribution in [3.05, 3.63) is 46.4 Å². The van der Waals surface area contributed by atoms with Crippen molar-refractivity contribution in [1.82, 2.24) is 0 Å². The summed E-state index contributed by atoms with van der Waals surface area (Å²) in [6.45, 7) is 3.94. The highest BCUT2D eigenvalue weighted by Gasteiger charge is 2.09. The highest BCUT2D eigenvalue weighted by Crippen LogP contribution is 2.37. The minimum absolute atomic E-state index is 0.0231. The molecule has 2 rings (SSSR count). The number of phenols is 1. The zero-order chi connectivity index (χ0) is 14.0. The summed E-state index contributed by atoms with van der Waals surface area (Å²) >= 11 is 12.1. The number of rotatable bonds is 3. The zero-order valence-electron chi connectivity index (χ0n) is 10.7. The predicted molar refractivity (Wildman–Crippen MR) is 79.3 cm³/mol. The summed E-state index contributed by atoms with van der Waals surface area (Å²) in [5.41, 5.74) is 1.66. The van der Waals surface area contributed by atoms with Gasteiger partial charge in [0.2, 0.25) is 0 Å². The van der Waals surface area contributed by atoms with Gasteiger partial charge in [0.15, 0.2) is 0 Å². The van der Waals surface area contributed by atoms with E-state index in [9.17, 15) is 5.11 Å². The fourth-order valence-electron chi connectivity index (χ4n) is 1.77. The molecule has 1 N–H and O–H groups in total. The highest BCUT2D eigenvalue weighted by molar-refractivity contribution is 6.36. The van der Waals surface area contributed by atoms with Crippen LogP contribution in [0.15, 0.2) is 36.4 Å². The molecule has 0 bridgehead atoms. The van der Waals surface area contributed by atoms with Gasteiger partial charge >= 0.3 is 0 Å².